The number of carbonyl (C=O) groups excluding carboxylic acids is 1. The van der Waals surface area contributed by atoms with E-state index in [4.69, 9.17) is 18.9 Å². The van der Waals surface area contributed by atoms with E-state index in [9.17, 15) is 4.79 Å². The van der Waals surface area contributed by atoms with Crippen LogP contribution < -0.4 is 9.47 Å². The molecule has 0 amide bonds. The fraction of sp³-hybridized carbons (Fsp3) is 0.462. The van der Waals surface area contributed by atoms with E-state index < -0.39 is 5.41 Å². The van der Waals surface area contributed by atoms with Crippen molar-refractivity contribution in [3.8, 4) is 11.5 Å². The van der Waals surface area contributed by atoms with Crippen molar-refractivity contribution in [2.24, 2.45) is 0 Å². The van der Waals surface area contributed by atoms with E-state index in [2.05, 4.69) is 0 Å². The Morgan fingerprint density at radius 2 is 2.11 bits per heavy atom. The summed E-state index contributed by atoms with van der Waals surface area (Å²) in [4.78, 5) is 12.1. The van der Waals surface area contributed by atoms with Crippen molar-refractivity contribution in [2.45, 2.75) is 12.3 Å². The van der Waals surface area contributed by atoms with Crippen LogP contribution >= 0.6 is 0 Å². The largest absolute Gasteiger partial charge is 0.465 e. The molecule has 0 atom stereocenters. The van der Waals surface area contributed by atoms with E-state index in [0.29, 0.717) is 31.3 Å². The van der Waals surface area contributed by atoms with Gasteiger partial charge < -0.3 is 18.9 Å². The number of carbonyl (C=O) groups is 1. The van der Waals surface area contributed by atoms with Gasteiger partial charge in [0.2, 0.25) is 6.79 Å². The number of fused-ring (bicyclic) bond motifs is 1. The number of rotatable bonds is 3. The number of hydrogen-bond donors (Lipinski definition) is 0. The zero-order valence-electron chi connectivity index (χ0n) is 10.1. The summed E-state index contributed by atoms with van der Waals surface area (Å²) in [6, 6.07) is 5.52. The summed E-state index contributed by atoms with van der Waals surface area (Å²) in [6.45, 7) is 3.09. The first-order chi connectivity index (χ1) is 8.76. The second-order valence-electron chi connectivity index (χ2n) is 4.36. The molecule has 1 aromatic carbocycles. The number of esters is 1. The van der Waals surface area contributed by atoms with Crippen LogP contribution in [0.4, 0.5) is 0 Å². The third-order valence-corrected chi connectivity index (χ3v) is 3.29. The molecule has 5 nitrogen and oxygen atoms in total. The Bertz CT molecular complexity index is 478. The van der Waals surface area contributed by atoms with Crippen LogP contribution in [0.25, 0.3) is 0 Å². The highest BCUT2D eigenvalue weighted by Crippen LogP contribution is 2.40. The molecule has 96 valence electrons. The van der Waals surface area contributed by atoms with Crippen LogP contribution in [0.15, 0.2) is 18.2 Å². The molecule has 1 saturated heterocycles. The molecule has 0 saturated carbocycles. The van der Waals surface area contributed by atoms with Gasteiger partial charge in [0, 0.05) is 0 Å². The van der Waals surface area contributed by atoms with Gasteiger partial charge in [0.25, 0.3) is 0 Å². The zero-order valence-corrected chi connectivity index (χ0v) is 10.1. The maximum Gasteiger partial charge on any atom is 0.321 e. The van der Waals surface area contributed by atoms with Crippen molar-refractivity contribution in [1.29, 1.82) is 0 Å². The highest BCUT2D eigenvalue weighted by atomic mass is 16.7. The molecule has 5 heteroatoms. The van der Waals surface area contributed by atoms with Crippen LogP contribution in [0.1, 0.15) is 12.5 Å². The molecule has 0 aromatic heterocycles. The van der Waals surface area contributed by atoms with Crippen LogP contribution in [0.3, 0.4) is 0 Å². The van der Waals surface area contributed by atoms with E-state index in [-0.39, 0.29) is 12.8 Å². The summed E-state index contributed by atoms with van der Waals surface area (Å²) >= 11 is 0. The monoisotopic (exact) mass is 250 g/mol. The Hall–Kier alpha value is -1.75. The summed E-state index contributed by atoms with van der Waals surface area (Å²) in [6.07, 6.45) is 0. The minimum Gasteiger partial charge on any atom is -0.465 e. The molecule has 1 fully saturated rings. The van der Waals surface area contributed by atoms with Crippen LogP contribution in [0, 0.1) is 0 Å². The molecule has 2 aliphatic heterocycles. The number of ether oxygens (including phenoxy) is 4. The first-order valence-electron chi connectivity index (χ1n) is 5.91. The highest BCUT2D eigenvalue weighted by molar-refractivity contribution is 5.85. The lowest BCUT2D eigenvalue weighted by atomic mass is 9.78. The molecule has 0 radical (unpaired) electrons. The quantitative estimate of drug-likeness (QED) is 0.756. The Balaban J connectivity index is 1.94. The van der Waals surface area contributed by atoms with E-state index >= 15 is 0 Å². The standard InChI is InChI=1S/C13H14O5/c1-2-16-12(14)13(6-15-7-13)9-3-4-10-11(5-9)18-8-17-10/h3-5H,2,6-8H2,1H3. The van der Waals surface area contributed by atoms with Gasteiger partial charge in [-0.1, -0.05) is 6.07 Å². The maximum absolute atomic E-state index is 12.1. The first-order valence-corrected chi connectivity index (χ1v) is 5.91. The average molecular weight is 250 g/mol. The summed E-state index contributed by atoms with van der Waals surface area (Å²) in [5, 5.41) is 0. The second kappa shape index (κ2) is 4.17. The topological polar surface area (TPSA) is 54.0 Å². The van der Waals surface area contributed by atoms with E-state index in [1.807, 2.05) is 18.2 Å². The van der Waals surface area contributed by atoms with Gasteiger partial charge in [-0.3, -0.25) is 4.79 Å². The molecule has 3 rings (SSSR count). The fourth-order valence-corrected chi connectivity index (χ4v) is 2.17. The van der Waals surface area contributed by atoms with Crippen LogP contribution in [0.2, 0.25) is 0 Å². The lowest BCUT2D eigenvalue weighted by Crippen LogP contribution is -2.53. The highest BCUT2D eigenvalue weighted by Gasteiger charge is 2.49. The summed E-state index contributed by atoms with van der Waals surface area (Å²) in [5.41, 5.74) is 0.174. The molecule has 0 unspecified atom stereocenters. The fourth-order valence-electron chi connectivity index (χ4n) is 2.17. The van der Waals surface area contributed by atoms with Crippen LogP contribution in [-0.4, -0.2) is 32.6 Å². The van der Waals surface area contributed by atoms with Gasteiger partial charge in [-0.2, -0.15) is 0 Å². The molecule has 0 bridgehead atoms. The predicted molar refractivity (Wildman–Crippen MR) is 61.7 cm³/mol. The van der Waals surface area contributed by atoms with E-state index in [1.54, 1.807) is 6.92 Å². The van der Waals surface area contributed by atoms with Crippen molar-refractivity contribution in [1.82, 2.24) is 0 Å². The minimum absolute atomic E-state index is 0.224. The Morgan fingerprint density at radius 3 is 2.78 bits per heavy atom. The Kier molecular flexibility index (Phi) is 2.63. The summed E-state index contributed by atoms with van der Waals surface area (Å²) in [5.74, 6) is 1.14. The van der Waals surface area contributed by atoms with Crippen molar-refractivity contribution in [3.05, 3.63) is 23.8 Å². The van der Waals surface area contributed by atoms with Gasteiger partial charge >= 0.3 is 5.97 Å². The SMILES string of the molecule is CCOC(=O)C1(c2ccc3c(c2)OCO3)COC1. The number of benzene rings is 1. The smallest absolute Gasteiger partial charge is 0.321 e. The minimum atomic E-state index is -0.684. The van der Waals surface area contributed by atoms with E-state index in [1.165, 1.54) is 0 Å². The third kappa shape index (κ3) is 1.54. The molecular formula is C13H14O5. The Labute approximate surface area is 105 Å². The van der Waals surface area contributed by atoms with Gasteiger partial charge in [0.05, 0.1) is 19.8 Å². The van der Waals surface area contributed by atoms with Crippen LogP contribution in [-0.2, 0) is 19.7 Å². The summed E-state index contributed by atoms with van der Waals surface area (Å²) in [7, 11) is 0. The van der Waals surface area contributed by atoms with Crippen molar-refractivity contribution >= 4 is 5.97 Å². The zero-order chi connectivity index (χ0) is 12.6. The van der Waals surface area contributed by atoms with Crippen molar-refractivity contribution in [3.63, 3.8) is 0 Å². The molecule has 2 aliphatic rings. The predicted octanol–water partition coefficient (Wildman–Crippen LogP) is 1.25. The van der Waals surface area contributed by atoms with Crippen LogP contribution in [0.5, 0.6) is 11.5 Å². The van der Waals surface area contributed by atoms with Gasteiger partial charge in [0.15, 0.2) is 11.5 Å². The lowest BCUT2D eigenvalue weighted by Gasteiger charge is -2.39. The molecule has 2 heterocycles. The normalized spacial score (nSPS) is 19.2. The molecular weight excluding hydrogens is 236 g/mol. The van der Waals surface area contributed by atoms with Crippen molar-refractivity contribution < 1.29 is 23.7 Å². The molecule has 0 spiro atoms. The molecule has 1 aromatic rings. The first kappa shape index (κ1) is 11.3. The summed E-state index contributed by atoms with van der Waals surface area (Å²) < 4.78 is 20.9. The van der Waals surface area contributed by atoms with Crippen molar-refractivity contribution in [2.75, 3.05) is 26.6 Å². The maximum atomic E-state index is 12.1. The molecule has 18 heavy (non-hydrogen) atoms. The molecule has 0 aliphatic carbocycles. The average Bonchev–Trinajstić information content (AvgIpc) is 2.75. The third-order valence-electron chi connectivity index (χ3n) is 3.29. The van der Waals surface area contributed by atoms with E-state index in [0.717, 1.165) is 5.56 Å². The lowest BCUT2D eigenvalue weighted by molar-refractivity contribution is -0.169. The van der Waals surface area contributed by atoms with Gasteiger partial charge in [0.1, 0.15) is 5.41 Å². The van der Waals surface area contributed by atoms with Gasteiger partial charge in [-0.05, 0) is 24.6 Å². The number of hydrogen-bond acceptors (Lipinski definition) is 5. The van der Waals surface area contributed by atoms with Gasteiger partial charge in [-0.25, -0.2) is 0 Å². The second-order valence-corrected chi connectivity index (χ2v) is 4.36. The van der Waals surface area contributed by atoms with Gasteiger partial charge in [-0.15, -0.1) is 0 Å². The molecule has 0 N–H and O–H groups in total. The Morgan fingerprint density at radius 1 is 1.33 bits per heavy atom.